The second kappa shape index (κ2) is 10.6. The number of carbonyl (C=O) groups excluding carboxylic acids is 1. The maximum Gasteiger partial charge on any atom is 0.228 e. The van der Waals surface area contributed by atoms with Crippen LogP contribution in [0, 0.1) is 6.92 Å². The summed E-state index contributed by atoms with van der Waals surface area (Å²) in [6.07, 6.45) is 1.55. The number of rotatable bonds is 10. The van der Waals surface area contributed by atoms with Crippen LogP contribution in [0.15, 0.2) is 66.0 Å². The van der Waals surface area contributed by atoms with Gasteiger partial charge < -0.3 is 14.2 Å². The van der Waals surface area contributed by atoms with Crippen LogP contribution in [0.25, 0.3) is 0 Å². The van der Waals surface area contributed by atoms with Gasteiger partial charge in [0.25, 0.3) is 0 Å². The van der Waals surface area contributed by atoms with Gasteiger partial charge in [-0.2, -0.15) is 0 Å². The summed E-state index contributed by atoms with van der Waals surface area (Å²) in [4.78, 5) is 18.0. The van der Waals surface area contributed by atoms with E-state index >= 15 is 0 Å². The molecular formula is C24H29N3O4S. The van der Waals surface area contributed by atoms with Crippen molar-refractivity contribution in [3.8, 4) is 0 Å². The van der Waals surface area contributed by atoms with Gasteiger partial charge in [0.1, 0.15) is 0 Å². The van der Waals surface area contributed by atoms with Crippen LogP contribution >= 0.6 is 0 Å². The van der Waals surface area contributed by atoms with Crippen LogP contribution in [0.2, 0.25) is 0 Å². The molecule has 32 heavy (non-hydrogen) atoms. The van der Waals surface area contributed by atoms with Crippen LogP contribution in [0.1, 0.15) is 29.3 Å². The first-order chi connectivity index (χ1) is 15.3. The molecule has 1 heterocycles. The van der Waals surface area contributed by atoms with Gasteiger partial charge in [-0.3, -0.25) is 4.79 Å². The standard InChI is InChI=1S/C24H29N3O4S/c1-19-9-11-22(12-10-19)18-32(29,30)24-25-15-23(17-26(20(2)28)13-14-31-3)27(24)16-21-7-5-4-6-8-21/h4-12,15H,13-14,16-18H2,1-3H3. The van der Waals surface area contributed by atoms with Crippen LogP contribution in [-0.2, 0) is 38.2 Å². The third-order valence-corrected chi connectivity index (χ3v) is 6.80. The zero-order chi connectivity index (χ0) is 23.1. The largest absolute Gasteiger partial charge is 0.383 e. The van der Waals surface area contributed by atoms with E-state index in [-0.39, 0.29) is 23.4 Å². The number of aromatic nitrogens is 2. The highest BCUT2D eigenvalue weighted by atomic mass is 32.2. The van der Waals surface area contributed by atoms with E-state index in [2.05, 4.69) is 4.98 Å². The van der Waals surface area contributed by atoms with Gasteiger partial charge in [-0.25, -0.2) is 13.4 Å². The van der Waals surface area contributed by atoms with Crippen LogP contribution in [0.3, 0.4) is 0 Å². The van der Waals surface area contributed by atoms with Crippen molar-refractivity contribution in [3.05, 3.63) is 83.2 Å². The minimum atomic E-state index is -3.71. The fourth-order valence-corrected chi connectivity index (χ4v) is 4.91. The van der Waals surface area contributed by atoms with Crippen molar-refractivity contribution < 1.29 is 17.9 Å². The zero-order valence-electron chi connectivity index (χ0n) is 18.7. The first-order valence-electron chi connectivity index (χ1n) is 10.4. The minimum absolute atomic E-state index is 0.00664. The summed E-state index contributed by atoms with van der Waals surface area (Å²) in [5.41, 5.74) is 3.38. The molecule has 0 aliphatic carbocycles. The quantitative estimate of drug-likeness (QED) is 0.469. The Morgan fingerprint density at radius 3 is 2.38 bits per heavy atom. The lowest BCUT2D eigenvalue weighted by Gasteiger charge is -2.22. The molecule has 1 amide bonds. The molecule has 7 nitrogen and oxygen atoms in total. The number of hydrogen-bond acceptors (Lipinski definition) is 5. The predicted molar refractivity (Wildman–Crippen MR) is 123 cm³/mol. The molecule has 0 aliphatic heterocycles. The summed E-state index contributed by atoms with van der Waals surface area (Å²) in [6, 6.07) is 17.0. The smallest absolute Gasteiger partial charge is 0.228 e. The van der Waals surface area contributed by atoms with Crippen molar-refractivity contribution in [1.82, 2.24) is 14.5 Å². The van der Waals surface area contributed by atoms with Gasteiger partial charge in [0.05, 0.1) is 37.3 Å². The molecule has 3 aromatic rings. The molecule has 0 unspecified atom stereocenters. The van der Waals surface area contributed by atoms with Gasteiger partial charge in [-0.1, -0.05) is 60.2 Å². The monoisotopic (exact) mass is 455 g/mol. The number of imidazole rings is 1. The van der Waals surface area contributed by atoms with Gasteiger partial charge in [0, 0.05) is 20.6 Å². The molecule has 3 rings (SSSR count). The fraction of sp³-hybridized carbons (Fsp3) is 0.333. The normalized spacial score (nSPS) is 11.5. The molecule has 0 saturated heterocycles. The number of aryl methyl sites for hydroxylation is 1. The lowest BCUT2D eigenvalue weighted by Crippen LogP contribution is -2.32. The lowest BCUT2D eigenvalue weighted by molar-refractivity contribution is -0.130. The Bertz CT molecular complexity index is 1140. The number of amides is 1. The summed E-state index contributed by atoms with van der Waals surface area (Å²) in [7, 11) is -2.13. The summed E-state index contributed by atoms with van der Waals surface area (Å²) >= 11 is 0. The third kappa shape index (κ3) is 6.05. The van der Waals surface area contributed by atoms with E-state index in [0.29, 0.717) is 31.0 Å². The molecule has 0 radical (unpaired) electrons. The van der Waals surface area contributed by atoms with Gasteiger partial charge in [0.15, 0.2) is 0 Å². The van der Waals surface area contributed by atoms with Crippen molar-refractivity contribution in [2.45, 2.75) is 37.8 Å². The fourth-order valence-electron chi connectivity index (χ4n) is 3.41. The van der Waals surface area contributed by atoms with E-state index in [1.54, 1.807) is 22.8 Å². The van der Waals surface area contributed by atoms with Crippen molar-refractivity contribution in [2.75, 3.05) is 20.3 Å². The summed E-state index contributed by atoms with van der Waals surface area (Å²) < 4.78 is 33.4. The maximum atomic E-state index is 13.3. The van der Waals surface area contributed by atoms with Crippen LogP contribution in [-0.4, -0.2) is 49.0 Å². The van der Waals surface area contributed by atoms with E-state index in [1.165, 1.54) is 6.92 Å². The van der Waals surface area contributed by atoms with Crippen LogP contribution in [0.5, 0.6) is 0 Å². The summed E-state index contributed by atoms with van der Waals surface area (Å²) in [5.74, 6) is -0.253. The van der Waals surface area contributed by atoms with Gasteiger partial charge in [-0.15, -0.1) is 0 Å². The molecular weight excluding hydrogens is 426 g/mol. The third-order valence-electron chi connectivity index (χ3n) is 5.20. The van der Waals surface area contributed by atoms with Gasteiger partial charge in [-0.05, 0) is 18.1 Å². The average molecular weight is 456 g/mol. The molecule has 8 heteroatoms. The molecule has 0 N–H and O–H groups in total. The molecule has 0 bridgehead atoms. The number of ether oxygens (including phenoxy) is 1. The Labute approximate surface area is 189 Å². The molecule has 0 fully saturated rings. The molecule has 0 saturated carbocycles. The van der Waals surface area contributed by atoms with Gasteiger partial charge in [0.2, 0.25) is 20.9 Å². The van der Waals surface area contributed by atoms with Crippen molar-refractivity contribution >= 4 is 15.7 Å². The summed E-state index contributed by atoms with van der Waals surface area (Å²) in [6.45, 7) is 4.84. The first-order valence-corrected chi connectivity index (χ1v) is 12.1. The number of hydrogen-bond donors (Lipinski definition) is 0. The predicted octanol–water partition coefficient (Wildman–Crippen LogP) is 3.21. The number of benzene rings is 2. The second-order valence-corrected chi connectivity index (χ2v) is 9.67. The van der Waals surface area contributed by atoms with E-state index in [1.807, 2.05) is 61.5 Å². The molecule has 170 valence electrons. The highest BCUT2D eigenvalue weighted by Gasteiger charge is 2.25. The molecule has 0 atom stereocenters. The SMILES string of the molecule is COCCN(Cc1cnc(S(=O)(=O)Cc2ccc(C)cc2)n1Cc1ccccc1)C(C)=O. The lowest BCUT2D eigenvalue weighted by atomic mass is 10.2. The van der Waals surface area contributed by atoms with E-state index in [9.17, 15) is 13.2 Å². The Kier molecular flexibility index (Phi) is 7.82. The first kappa shape index (κ1) is 23.7. The number of sulfone groups is 1. The van der Waals surface area contributed by atoms with Crippen molar-refractivity contribution in [3.63, 3.8) is 0 Å². The topological polar surface area (TPSA) is 81.5 Å². The Hall–Kier alpha value is -2.97. The van der Waals surface area contributed by atoms with Crippen LogP contribution < -0.4 is 0 Å². The van der Waals surface area contributed by atoms with Gasteiger partial charge >= 0.3 is 0 Å². The maximum absolute atomic E-state index is 13.3. The van der Waals surface area contributed by atoms with E-state index in [4.69, 9.17) is 4.74 Å². The zero-order valence-corrected chi connectivity index (χ0v) is 19.5. The van der Waals surface area contributed by atoms with E-state index in [0.717, 1.165) is 11.1 Å². The number of carbonyl (C=O) groups is 1. The Balaban J connectivity index is 1.97. The highest BCUT2D eigenvalue weighted by molar-refractivity contribution is 7.90. The number of nitrogens with zero attached hydrogens (tertiary/aromatic N) is 3. The molecule has 1 aromatic heterocycles. The molecule has 2 aromatic carbocycles. The minimum Gasteiger partial charge on any atom is -0.383 e. The number of methoxy groups -OCH3 is 1. The Morgan fingerprint density at radius 1 is 1.06 bits per heavy atom. The van der Waals surface area contributed by atoms with Crippen LogP contribution in [0.4, 0.5) is 0 Å². The molecule has 0 spiro atoms. The van der Waals surface area contributed by atoms with Crippen molar-refractivity contribution in [1.29, 1.82) is 0 Å². The second-order valence-electron chi connectivity index (χ2n) is 7.78. The van der Waals surface area contributed by atoms with Crippen molar-refractivity contribution in [2.24, 2.45) is 0 Å². The molecule has 0 aliphatic rings. The van der Waals surface area contributed by atoms with E-state index < -0.39 is 9.84 Å². The Morgan fingerprint density at radius 2 is 1.75 bits per heavy atom. The summed E-state index contributed by atoms with van der Waals surface area (Å²) in [5, 5.41) is 0.00664. The average Bonchev–Trinajstić information content (AvgIpc) is 3.16. The highest BCUT2D eigenvalue weighted by Crippen LogP contribution is 2.21.